The summed E-state index contributed by atoms with van der Waals surface area (Å²) in [6.45, 7) is 11.6. The Bertz CT molecular complexity index is 642. The van der Waals surface area contributed by atoms with Gasteiger partial charge < -0.3 is 4.52 Å². The first-order valence-electron chi connectivity index (χ1n) is 8.04. The lowest BCUT2D eigenvalue weighted by Crippen LogP contribution is -2.20. The first-order valence-corrected chi connectivity index (χ1v) is 8.04. The van der Waals surface area contributed by atoms with Crippen LogP contribution in [0.15, 0.2) is 28.8 Å². The molecule has 1 aliphatic rings. The van der Waals surface area contributed by atoms with Gasteiger partial charge in [-0.15, -0.1) is 0 Å². The van der Waals surface area contributed by atoms with E-state index in [1.165, 1.54) is 11.1 Å². The SMILES string of the molecule is Cc1cccc(CN2CCC(c3nc(C(C)(C)C)no3)C2)c1. The van der Waals surface area contributed by atoms with Crippen molar-refractivity contribution >= 4 is 0 Å². The van der Waals surface area contributed by atoms with Crippen LogP contribution in [0.25, 0.3) is 0 Å². The second-order valence-electron chi connectivity index (χ2n) is 7.42. The lowest BCUT2D eigenvalue weighted by molar-refractivity contribution is 0.307. The molecule has 4 nitrogen and oxygen atoms in total. The van der Waals surface area contributed by atoms with E-state index in [2.05, 4.69) is 67.0 Å². The Kier molecular flexibility index (Phi) is 4.04. The van der Waals surface area contributed by atoms with E-state index in [0.717, 1.165) is 37.8 Å². The van der Waals surface area contributed by atoms with Crippen LogP contribution in [-0.4, -0.2) is 28.1 Å². The lowest BCUT2D eigenvalue weighted by Gasteiger charge is -2.15. The fraction of sp³-hybridized carbons (Fsp3) is 0.556. The van der Waals surface area contributed by atoms with E-state index in [4.69, 9.17) is 4.52 Å². The van der Waals surface area contributed by atoms with Crippen LogP contribution in [0.5, 0.6) is 0 Å². The van der Waals surface area contributed by atoms with Gasteiger partial charge in [-0.25, -0.2) is 0 Å². The predicted octanol–water partition coefficient (Wildman–Crippen LogP) is 3.67. The molecule has 0 amide bonds. The molecule has 0 aliphatic carbocycles. The van der Waals surface area contributed by atoms with Crippen LogP contribution in [0.4, 0.5) is 0 Å². The fourth-order valence-electron chi connectivity index (χ4n) is 2.95. The van der Waals surface area contributed by atoms with Crippen molar-refractivity contribution in [1.82, 2.24) is 15.0 Å². The first-order chi connectivity index (χ1) is 10.4. The zero-order chi connectivity index (χ0) is 15.7. The van der Waals surface area contributed by atoms with Gasteiger partial charge in [-0.3, -0.25) is 4.90 Å². The highest BCUT2D eigenvalue weighted by Gasteiger charge is 2.30. The van der Waals surface area contributed by atoms with Gasteiger partial charge in [-0.1, -0.05) is 55.8 Å². The number of aryl methyl sites for hydroxylation is 1. The second-order valence-corrected chi connectivity index (χ2v) is 7.42. The normalized spacial score (nSPS) is 19.7. The summed E-state index contributed by atoms with van der Waals surface area (Å²) in [5.74, 6) is 1.98. The zero-order valence-corrected chi connectivity index (χ0v) is 14.0. The monoisotopic (exact) mass is 299 g/mol. The highest BCUT2D eigenvalue weighted by atomic mass is 16.5. The van der Waals surface area contributed by atoms with Crippen molar-refractivity contribution in [1.29, 1.82) is 0 Å². The third kappa shape index (κ3) is 3.38. The van der Waals surface area contributed by atoms with Crippen molar-refractivity contribution in [2.75, 3.05) is 13.1 Å². The van der Waals surface area contributed by atoms with Crippen molar-refractivity contribution in [2.24, 2.45) is 0 Å². The standard InChI is InChI=1S/C18H25N3O/c1-13-6-5-7-14(10-13)11-21-9-8-15(12-21)16-19-17(20-22-16)18(2,3)4/h5-7,10,15H,8-9,11-12H2,1-4H3. The molecule has 0 spiro atoms. The Morgan fingerprint density at radius 2 is 2.14 bits per heavy atom. The van der Waals surface area contributed by atoms with Crippen molar-refractivity contribution in [3.05, 3.63) is 47.1 Å². The summed E-state index contributed by atoms with van der Waals surface area (Å²) in [6.07, 6.45) is 1.09. The van der Waals surface area contributed by atoms with Gasteiger partial charge in [-0.2, -0.15) is 4.98 Å². The fourth-order valence-corrected chi connectivity index (χ4v) is 2.95. The summed E-state index contributed by atoms with van der Waals surface area (Å²) < 4.78 is 5.50. The average molecular weight is 299 g/mol. The number of benzene rings is 1. The molecule has 1 aromatic heterocycles. The van der Waals surface area contributed by atoms with Gasteiger partial charge >= 0.3 is 0 Å². The maximum absolute atomic E-state index is 5.50. The number of aromatic nitrogens is 2. The molecule has 1 saturated heterocycles. The molecule has 1 atom stereocenters. The molecule has 0 N–H and O–H groups in total. The van der Waals surface area contributed by atoms with Crippen LogP contribution in [0.3, 0.4) is 0 Å². The number of hydrogen-bond acceptors (Lipinski definition) is 4. The molecule has 3 rings (SSSR count). The minimum absolute atomic E-state index is 0.0540. The molecule has 0 bridgehead atoms. The van der Waals surface area contributed by atoms with Crippen LogP contribution >= 0.6 is 0 Å². The van der Waals surface area contributed by atoms with Crippen molar-refractivity contribution < 1.29 is 4.52 Å². The molecule has 1 aliphatic heterocycles. The molecule has 0 saturated carbocycles. The van der Waals surface area contributed by atoms with Crippen molar-refractivity contribution in [3.8, 4) is 0 Å². The Morgan fingerprint density at radius 3 is 2.82 bits per heavy atom. The quantitative estimate of drug-likeness (QED) is 0.867. The van der Waals surface area contributed by atoms with Gasteiger partial charge in [0, 0.05) is 18.5 Å². The molecule has 1 fully saturated rings. The van der Waals surface area contributed by atoms with Crippen LogP contribution in [0.2, 0.25) is 0 Å². The van der Waals surface area contributed by atoms with Crippen molar-refractivity contribution in [3.63, 3.8) is 0 Å². The summed E-state index contributed by atoms with van der Waals surface area (Å²) in [6, 6.07) is 8.73. The number of hydrogen-bond donors (Lipinski definition) is 0. The molecule has 1 unspecified atom stereocenters. The Balaban J connectivity index is 1.64. The van der Waals surface area contributed by atoms with E-state index in [0.29, 0.717) is 5.92 Å². The third-order valence-electron chi connectivity index (χ3n) is 4.22. The van der Waals surface area contributed by atoms with Gasteiger partial charge in [0.1, 0.15) is 0 Å². The summed E-state index contributed by atoms with van der Waals surface area (Å²) in [5, 5.41) is 4.15. The molecular weight excluding hydrogens is 274 g/mol. The molecule has 0 radical (unpaired) electrons. The van der Waals surface area contributed by atoms with E-state index in [1.807, 2.05) is 0 Å². The first kappa shape index (κ1) is 15.2. The van der Waals surface area contributed by atoms with Crippen LogP contribution in [0.1, 0.15) is 56.0 Å². The van der Waals surface area contributed by atoms with Crippen LogP contribution in [-0.2, 0) is 12.0 Å². The van der Waals surface area contributed by atoms with Crippen LogP contribution < -0.4 is 0 Å². The Hall–Kier alpha value is -1.68. The van der Waals surface area contributed by atoms with Gasteiger partial charge in [0.25, 0.3) is 0 Å². The van der Waals surface area contributed by atoms with Gasteiger partial charge in [0.2, 0.25) is 5.89 Å². The lowest BCUT2D eigenvalue weighted by atomic mass is 9.96. The Morgan fingerprint density at radius 1 is 1.32 bits per heavy atom. The largest absolute Gasteiger partial charge is 0.339 e. The molecular formula is C18H25N3O. The number of nitrogens with zero attached hydrogens (tertiary/aromatic N) is 3. The Labute approximate surface area is 132 Å². The van der Waals surface area contributed by atoms with Gasteiger partial charge in [0.05, 0.1) is 5.92 Å². The average Bonchev–Trinajstić information content (AvgIpc) is 3.06. The summed E-state index contributed by atoms with van der Waals surface area (Å²) in [4.78, 5) is 7.09. The molecule has 2 aromatic rings. The summed E-state index contributed by atoms with van der Waals surface area (Å²) in [5.41, 5.74) is 2.64. The van der Waals surface area contributed by atoms with Gasteiger partial charge in [0.15, 0.2) is 5.82 Å². The van der Waals surface area contributed by atoms with Gasteiger partial charge in [-0.05, 0) is 25.5 Å². The smallest absolute Gasteiger partial charge is 0.231 e. The van der Waals surface area contributed by atoms with E-state index >= 15 is 0 Å². The minimum atomic E-state index is -0.0540. The highest BCUT2D eigenvalue weighted by molar-refractivity contribution is 5.22. The predicted molar refractivity (Wildman–Crippen MR) is 86.8 cm³/mol. The topological polar surface area (TPSA) is 42.2 Å². The zero-order valence-electron chi connectivity index (χ0n) is 14.0. The number of rotatable bonds is 3. The molecule has 22 heavy (non-hydrogen) atoms. The maximum atomic E-state index is 5.50. The van der Waals surface area contributed by atoms with Crippen molar-refractivity contribution in [2.45, 2.75) is 52.0 Å². The molecule has 2 heterocycles. The van der Waals surface area contributed by atoms with E-state index < -0.39 is 0 Å². The number of likely N-dealkylation sites (tertiary alicyclic amines) is 1. The molecule has 4 heteroatoms. The van der Waals surface area contributed by atoms with E-state index in [1.54, 1.807) is 0 Å². The molecule has 118 valence electrons. The van der Waals surface area contributed by atoms with Crippen LogP contribution in [0, 0.1) is 6.92 Å². The highest BCUT2D eigenvalue weighted by Crippen LogP contribution is 2.29. The minimum Gasteiger partial charge on any atom is -0.339 e. The summed E-state index contributed by atoms with van der Waals surface area (Å²) in [7, 11) is 0. The maximum Gasteiger partial charge on any atom is 0.231 e. The van der Waals surface area contributed by atoms with E-state index in [9.17, 15) is 0 Å². The molecule has 1 aromatic carbocycles. The summed E-state index contributed by atoms with van der Waals surface area (Å²) >= 11 is 0. The second kappa shape index (κ2) is 5.84. The third-order valence-corrected chi connectivity index (χ3v) is 4.22. The van der Waals surface area contributed by atoms with E-state index in [-0.39, 0.29) is 5.41 Å².